The van der Waals surface area contributed by atoms with Crippen molar-refractivity contribution in [1.29, 1.82) is 0 Å². The lowest BCUT2D eigenvalue weighted by molar-refractivity contribution is -0.136. The topological polar surface area (TPSA) is 58.6 Å². The minimum Gasteiger partial charge on any atom is -0.486 e. The molecule has 0 heterocycles. The zero-order valence-electron chi connectivity index (χ0n) is 15.8. The Morgan fingerprint density at radius 3 is 2.41 bits per heavy atom. The molecule has 1 unspecified atom stereocenters. The van der Waals surface area contributed by atoms with Crippen molar-refractivity contribution in [3.63, 3.8) is 0 Å². The lowest BCUT2D eigenvalue weighted by Gasteiger charge is -2.16. The van der Waals surface area contributed by atoms with Crippen LogP contribution in [0.3, 0.4) is 0 Å². The average molecular weight is 410 g/mol. The second-order valence-electron chi connectivity index (χ2n) is 6.73. The summed E-state index contributed by atoms with van der Waals surface area (Å²) < 4.78 is 5.87. The van der Waals surface area contributed by atoms with Crippen molar-refractivity contribution in [1.82, 2.24) is 0 Å². The Kier molecular flexibility index (Phi) is 7.81. The second-order valence-corrected chi connectivity index (χ2v) is 7.55. The Labute approximate surface area is 170 Å². The third-order valence-corrected chi connectivity index (χ3v) is 4.79. The van der Waals surface area contributed by atoms with Crippen LogP contribution in [0.5, 0.6) is 5.75 Å². The maximum atomic E-state index is 10.7. The number of carbonyl (C=O) groups is 1. The standard InChI is InChI=1S/C21H25Cl2NO3/c1-4-14(3)24-17-8-13(2)7-16(9-17)12-27-21-18(22)10-15(11-19(21)23)5-6-20(25)26/h7-11,14,24H,4-6,12H2,1-3H3,(H,25,26). The molecule has 4 nitrogen and oxygen atoms in total. The van der Waals surface area contributed by atoms with Crippen molar-refractivity contribution in [2.24, 2.45) is 0 Å². The van der Waals surface area contributed by atoms with Crippen molar-refractivity contribution in [3.05, 3.63) is 57.1 Å². The van der Waals surface area contributed by atoms with Gasteiger partial charge in [0.25, 0.3) is 0 Å². The average Bonchev–Trinajstić information content (AvgIpc) is 2.58. The second kappa shape index (κ2) is 9.86. The molecule has 2 rings (SSSR count). The highest BCUT2D eigenvalue weighted by Crippen LogP contribution is 2.35. The summed E-state index contributed by atoms with van der Waals surface area (Å²) in [6, 6.07) is 10.0. The third kappa shape index (κ3) is 6.64. The van der Waals surface area contributed by atoms with E-state index < -0.39 is 5.97 Å². The van der Waals surface area contributed by atoms with Gasteiger partial charge >= 0.3 is 5.97 Å². The molecule has 2 N–H and O–H groups in total. The summed E-state index contributed by atoms with van der Waals surface area (Å²) in [5.74, 6) is -0.445. The number of benzene rings is 2. The maximum Gasteiger partial charge on any atom is 0.303 e. The first-order valence-electron chi connectivity index (χ1n) is 8.98. The minimum atomic E-state index is -0.858. The first kappa shape index (κ1) is 21.4. The number of aliphatic carboxylic acids is 1. The Morgan fingerprint density at radius 2 is 1.81 bits per heavy atom. The Hall–Kier alpha value is -1.91. The predicted octanol–water partition coefficient (Wildman–Crippen LogP) is 6.11. The van der Waals surface area contributed by atoms with Crippen LogP contribution in [0.15, 0.2) is 30.3 Å². The summed E-state index contributed by atoms with van der Waals surface area (Å²) in [6.07, 6.45) is 1.44. The van der Waals surface area contributed by atoms with Crippen LogP contribution in [-0.2, 0) is 17.8 Å². The molecule has 6 heteroatoms. The zero-order chi connectivity index (χ0) is 20.0. The number of anilines is 1. The van der Waals surface area contributed by atoms with Crippen molar-refractivity contribution in [2.75, 3.05) is 5.32 Å². The quantitative estimate of drug-likeness (QED) is 0.524. The van der Waals surface area contributed by atoms with E-state index in [4.69, 9.17) is 33.0 Å². The number of nitrogens with one attached hydrogen (secondary N) is 1. The summed E-state index contributed by atoms with van der Waals surface area (Å²) in [6.45, 7) is 6.67. The number of hydrogen-bond acceptors (Lipinski definition) is 3. The van der Waals surface area contributed by atoms with Gasteiger partial charge in [0.05, 0.1) is 10.0 Å². The molecule has 0 fully saturated rings. The molecule has 0 spiro atoms. The highest BCUT2D eigenvalue weighted by atomic mass is 35.5. The molecule has 0 saturated heterocycles. The fourth-order valence-corrected chi connectivity index (χ4v) is 3.36. The molecule has 0 saturated carbocycles. The van der Waals surface area contributed by atoms with Crippen molar-refractivity contribution in [3.8, 4) is 5.75 Å². The van der Waals surface area contributed by atoms with Crippen LogP contribution in [-0.4, -0.2) is 17.1 Å². The third-order valence-electron chi connectivity index (χ3n) is 4.23. The molecule has 0 radical (unpaired) electrons. The first-order chi connectivity index (χ1) is 12.8. The van der Waals surface area contributed by atoms with Crippen LogP contribution in [0.25, 0.3) is 0 Å². The van der Waals surface area contributed by atoms with Gasteiger partial charge in [0.15, 0.2) is 5.75 Å². The lowest BCUT2D eigenvalue weighted by Crippen LogP contribution is -2.13. The maximum absolute atomic E-state index is 10.7. The molecule has 0 aromatic heterocycles. The van der Waals surface area contributed by atoms with E-state index in [2.05, 4.69) is 37.4 Å². The van der Waals surface area contributed by atoms with E-state index in [1.54, 1.807) is 12.1 Å². The number of rotatable bonds is 9. The van der Waals surface area contributed by atoms with Crippen LogP contribution in [0.4, 0.5) is 5.69 Å². The van der Waals surface area contributed by atoms with Gasteiger partial charge in [-0.15, -0.1) is 0 Å². The molecule has 2 aromatic rings. The molecule has 0 amide bonds. The van der Waals surface area contributed by atoms with Crippen molar-refractivity contribution >= 4 is 34.9 Å². The van der Waals surface area contributed by atoms with E-state index in [0.29, 0.717) is 34.9 Å². The molecular weight excluding hydrogens is 385 g/mol. The predicted molar refractivity (Wildman–Crippen MR) is 111 cm³/mol. The van der Waals surface area contributed by atoms with Crippen LogP contribution < -0.4 is 10.1 Å². The summed E-state index contributed by atoms with van der Waals surface area (Å²) in [7, 11) is 0. The van der Waals surface area contributed by atoms with Gasteiger partial charge in [-0.1, -0.05) is 36.2 Å². The highest BCUT2D eigenvalue weighted by Gasteiger charge is 2.12. The van der Waals surface area contributed by atoms with E-state index in [0.717, 1.165) is 28.8 Å². The molecule has 0 aliphatic carbocycles. The van der Waals surface area contributed by atoms with Crippen molar-refractivity contribution in [2.45, 2.75) is 52.7 Å². The van der Waals surface area contributed by atoms with Crippen LogP contribution in [0, 0.1) is 6.92 Å². The monoisotopic (exact) mass is 409 g/mol. The van der Waals surface area contributed by atoms with Gasteiger partial charge in [0, 0.05) is 18.2 Å². The van der Waals surface area contributed by atoms with E-state index in [1.807, 2.05) is 6.92 Å². The van der Waals surface area contributed by atoms with Gasteiger partial charge in [0.1, 0.15) is 6.61 Å². The Morgan fingerprint density at radius 1 is 1.15 bits per heavy atom. The fraction of sp³-hybridized carbons (Fsp3) is 0.381. The van der Waals surface area contributed by atoms with E-state index in [1.165, 1.54) is 0 Å². The van der Waals surface area contributed by atoms with E-state index >= 15 is 0 Å². The van der Waals surface area contributed by atoms with E-state index in [9.17, 15) is 4.79 Å². The van der Waals surface area contributed by atoms with Crippen molar-refractivity contribution < 1.29 is 14.6 Å². The number of hydrogen-bond donors (Lipinski definition) is 2. The lowest BCUT2D eigenvalue weighted by atomic mass is 10.1. The van der Waals surface area contributed by atoms with Gasteiger partial charge in [0.2, 0.25) is 0 Å². The summed E-state index contributed by atoms with van der Waals surface area (Å²) in [4.78, 5) is 10.7. The SMILES string of the molecule is CCC(C)Nc1cc(C)cc(COc2c(Cl)cc(CCC(=O)O)cc2Cl)c1. The molecule has 0 aliphatic rings. The van der Waals surface area contributed by atoms with Crippen LogP contribution in [0.2, 0.25) is 10.0 Å². The minimum absolute atomic E-state index is 0.0299. The summed E-state index contributed by atoms with van der Waals surface area (Å²) in [5.41, 5.74) is 3.99. The Bertz CT molecular complexity index is 785. The molecule has 146 valence electrons. The largest absolute Gasteiger partial charge is 0.486 e. The summed E-state index contributed by atoms with van der Waals surface area (Å²) in [5, 5.41) is 13.0. The molecular formula is C21H25Cl2NO3. The fourth-order valence-electron chi connectivity index (χ4n) is 2.72. The molecule has 0 bridgehead atoms. The molecule has 27 heavy (non-hydrogen) atoms. The number of halogens is 2. The molecule has 1 atom stereocenters. The van der Waals surface area contributed by atoms with Gasteiger partial charge in [-0.05, 0) is 67.6 Å². The summed E-state index contributed by atoms with van der Waals surface area (Å²) >= 11 is 12.6. The smallest absolute Gasteiger partial charge is 0.303 e. The van der Waals surface area contributed by atoms with E-state index in [-0.39, 0.29) is 6.42 Å². The van der Waals surface area contributed by atoms with Crippen LogP contribution >= 0.6 is 23.2 Å². The number of aryl methyl sites for hydroxylation is 2. The first-order valence-corrected chi connectivity index (χ1v) is 9.73. The normalized spacial score (nSPS) is 11.9. The van der Waals surface area contributed by atoms with Gasteiger partial charge in [-0.2, -0.15) is 0 Å². The van der Waals surface area contributed by atoms with Crippen LogP contribution in [0.1, 0.15) is 43.4 Å². The molecule has 0 aliphatic heterocycles. The van der Waals surface area contributed by atoms with Gasteiger partial charge < -0.3 is 15.2 Å². The zero-order valence-corrected chi connectivity index (χ0v) is 17.3. The highest BCUT2D eigenvalue weighted by molar-refractivity contribution is 6.37. The molecule has 2 aromatic carbocycles. The number of carboxylic acid groups (broad SMARTS) is 1. The van der Waals surface area contributed by atoms with Gasteiger partial charge in [-0.25, -0.2) is 0 Å². The number of carboxylic acids is 1. The Balaban J connectivity index is 2.11. The van der Waals surface area contributed by atoms with Gasteiger partial charge in [-0.3, -0.25) is 4.79 Å². The number of ether oxygens (including phenoxy) is 1.